The molecule has 0 saturated carbocycles. The lowest BCUT2D eigenvalue weighted by Gasteiger charge is -2.17. The number of hydrogen-bond acceptors (Lipinski definition) is 6. The van der Waals surface area contributed by atoms with E-state index >= 15 is 0 Å². The molecule has 10 heteroatoms. The van der Waals surface area contributed by atoms with Gasteiger partial charge in [-0.2, -0.15) is 0 Å². The highest BCUT2D eigenvalue weighted by Crippen LogP contribution is 2.31. The first-order valence-corrected chi connectivity index (χ1v) is 13.5. The molecule has 7 nitrogen and oxygen atoms in total. The van der Waals surface area contributed by atoms with E-state index in [4.69, 9.17) is 33.7 Å². The molecule has 0 fully saturated rings. The number of hydrogen-bond donors (Lipinski definition) is 4. The number of benzene rings is 2. The fourth-order valence-corrected chi connectivity index (χ4v) is 4.38. The van der Waals surface area contributed by atoms with E-state index in [1.807, 2.05) is 12.1 Å². The van der Waals surface area contributed by atoms with Crippen LogP contribution in [0.25, 0.3) is 0 Å². The molecule has 2 aromatic rings. The standard InChI is InChI=1S/C23H33Cl2N3O4S/c1-3-19(32-12-10-16-6-8-18(9-7-16)28-33(2,30)31)5-4-11-27-15-22(29)17-13-20(24)23(26)21(25)14-17/h6-9,13-14,19,22,27-29H,3-5,10-12,15,26H2,1-2H3. The molecule has 2 atom stereocenters. The van der Waals surface area contributed by atoms with Crippen LogP contribution in [0.4, 0.5) is 11.4 Å². The van der Waals surface area contributed by atoms with Gasteiger partial charge in [-0.05, 0) is 67.6 Å². The average Bonchev–Trinajstić information content (AvgIpc) is 2.75. The minimum atomic E-state index is -3.27. The predicted molar refractivity (Wildman–Crippen MR) is 137 cm³/mol. The number of aliphatic hydroxyl groups is 1. The van der Waals surface area contributed by atoms with Crippen molar-refractivity contribution in [1.82, 2.24) is 5.32 Å². The topological polar surface area (TPSA) is 114 Å². The van der Waals surface area contributed by atoms with Crippen LogP contribution >= 0.6 is 23.2 Å². The Hall–Kier alpha value is -1.55. The average molecular weight is 519 g/mol. The van der Waals surface area contributed by atoms with Crippen molar-refractivity contribution in [3.8, 4) is 0 Å². The second-order valence-corrected chi connectivity index (χ2v) is 10.5. The lowest BCUT2D eigenvalue weighted by atomic mass is 10.1. The van der Waals surface area contributed by atoms with Crippen LogP contribution in [0.1, 0.15) is 43.4 Å². The van der Waals surface area contributed by atoms with Gasteiger partial charge in [0, 0.05) is 12.2 Å². The summed E-state index contributed by atoms with van der Waals surface area (Å²) >= 11 is 12.1. The molecule has 0 amide bonds. The van der Waals surface area contributed by atoms with Crippen molar-refractivity contribution in [3.63, 3.8) is 0 Å². The summed E-state index contributed by atoms with van der Waals surface area (Å²) in [7, 11) is -3.27. The van der Waals surface area contributed by atoms with E-state index in [9.17, 15) is 13.5 Å². The van der Waals surface area contributed by atoms with E-state index in [-0.39, 0.29) is 6.10 Å². The number of sulfonamides is 1. The molecule has 0 aliphatic rings. The molecule has 0 aliphatic heterocycles. The van der Waals surface area contributed by atoms with Crippen LogP contribution in [-0.4, -0.2) is 45.6 Å². The number of nitrogen functional groups attached to an aromatic ring is 1. The Morgan fingerprint density at radius 3 is 2.36 bits per heavy atom. The summed E-state index contributed by atoms with van der Waals surface area (Å²) < 4.78 is 31.0. The molecule has 0 aliphatic carbocycles. The predicted octanol–water partition coefficient (Wildman–Crippen LogP) is 4.39. The molecule has 2 unspecified atom stereocenters. The van der Waals surface area contributed by atoms with Gasteiger partial charge in [0.2, 0.25) is 10.0 Å². The molecule has 0 bridgehead atoms. The number of halogens is 2. The molecule has 33 heavy (non-hydrogen) atoms. The Balaban J connectivity index is 1.65. The zero-order valence-electron chi connectivity index (χ0n) is 19.0. The van der Waals surface area contributed by atoms with Gasteiger partial charge < -0.3 is 20.9 Å². The van der Waals surface area contributed by atoms with Crippen LogP contribution in [0.15, 0.2) is 36.4 Å². The molecular formula is C23H33Cl2N3O4S. The van der Waals surface area contributed by atoms with Gasteiger partial charge in [0.1, 0.15) is 0 Å². The van der Waals surface area contributed by atoms with Crippen LogP contribution in [-0.2, 0) is 21.2 Å². The Bertz CT molecular complexity index is 965. The van der Waals surface area contributed by atoms with Gasteiger partial charge in [0.25, 0.3) is 0 Å². The van der Waals surface area contributed by atoms with E-state index in [1.165, 1.54) is 0 Å². The highest BCUT2D eigenvalue weighted by molar-refractivity contribution is 7.92. The van der Waals surface area contributed by atoms with E-state index in [0.29, 0.717) is 40.1 Å². The van der Waals surface area contributed by atoms with Gasteiger partial charge in [0.15, 0.2) is 0 Å². The van der Waals surface area contributed by atoms with Gasteiger partial charge in [-0.15, -0.1) is 0 Å². The Morgan fingerprint density at radius 2 is 1.79 bits per heavy atom. The second kappa shape index (κ2) is 13.4. The zero-order valence-corrected chi connectivity index (χ0v) is 21.3. The molecule has 2 rings (SSSR count). The van der Waals surface area contributed by atoms with Crippen molar-refractivity contribution in [2.24, 2.45) is 0 Å². The molecule has 0 aromatic heterocycles. The normalized spacial score (nSPS) is 13.6. The first-order valence-electron chi connectivity index (χ1n) is 10.9. The molecule has 2 aromatic carbocycles. The van der Waals surface area contributed by atoms with E-state index < -0.39 is 16.1 Å². The van der Waals surface area contributed by atoms with Gasteiger partial charge >= 0.3 is 0 Å². The molecule has 0 saturated heterocycles. The summed E-state index contributed by atoms with van der Waals surface area (Å²) in [6, 6.07) is 10.6. The summed E-state index contributed by atoms with van der Waals surface area (Å²) in [6.07, 6.45) is 4.07. The number of aliphatic hydroxyl groups excluding tert-OH is 1. The maximum absolute atomic E-state index is 11.3. The lowest BCUT2D eigenvalue weighted by molar-refractivity contribution is 0.0455. The molecule has 5 N–H and O–H groups in total. The second-order valence-electron chi connectivity index (χ2n) is 7.98. The van der Waals surface area contributed by atoms with Gasteiger partial charge in [-0.25, -0.2) is 8.42 Å². The maximum atomic E-state index is 11.3. The number of nitrogens with two attached hydrogens (primary N) is 1. The van der Waals surface area contributed by atoms with Crippen molar-refractivity contribution in [2.45, 2.75) is 44.8 Å². The van der Waals surface area contributed by atoms with E-state index in [1.54, 1.807) is 24.3 Å². The van der Waals surface area contributed by atoms with Gasteiger partial charge in [0.05, 0.1) is 40.8 Å². The van der Waals surface area contributed by atoms with Crippen molar-refractivity contribution in [2.75, 3.05) is 36.4 Å². The Labute approximate surface area is 206 Å². The third-order valence-electron chi connectivity index (χ3n) is 5.16. The minimum Gasteiger partial charge on any atom is -0.396 e. The van der Waals surface area contributed by atoms with Crippen LogP contribution in [0, 0.1) is 0 Å². The maximum Gasteiger partial charge on any atom is 0.229 e. The van der Waals surface area contributed by atoms with Crippen molar-refractivity contribution >= 4 is 44.6 Å². The summed E-state index contributed by atoms with van der Waals surface area (Å²) in [5.41, 5.74) is 8.31. The van der Waals surface area contributed by atoms with Crippen LogP contribution < -0.4 is 15.8 Å². The quantitative estimate of drug-likeness (QED) is 0.218. The van der Waals surface area contributed by atoms with Gasteiger partial charge in [-0.1, -0.05) is 42.3 Å². The first kappa shape index (κ1) is 27.7. The number of anilines is 2. The highest BCUT2D eigenvalue weighted by Gasteiger charge is 2.12. The Kier molecular flexibility index (Phi) is 11.2. The minimum absolute atomic E-state index is 0.164. The largest absolute Gasteiger partial charge is 0.396 e. The SMILES string of the molecule is CCC(CCCNCC(O)c1cc(Cl)c(N)c(Cl)c1)OCCc1ccc(NS(C)(=O)=O)cc1. The van der Waals surface area contributed by atoms with Crippen molar-refractivity contribution < 1.29 is 18.3 Å². The Morgan fingerprint density at radius 1 is 1.15 bits per heavy atom. The number of ether oxygens (including phenoxy) is 1. The fraction of sp³-hybridized carbons (Fsp3) is 0.478. The fourth-order valence-electron chi connectivity index (χ4n) is 3.31. The molecule has 0 spiro atoms. The van der Waals surface area contributed by atoms with Crippen molar-refractivity contribution in [1.29, 1.82) is 0 Å². The molecular weight excluding hydrogens is 485 g/mol. The third kappa shape index (κ3) is 10.1. The van der Waals surface area contributed by atoms with Crippen LogP contribution in [0.2, 0.25) is 10.0 Å². The summed E-state index contributed by atoms with van der Waals surface area (Å²) in [6.45, 7) is 3.84. The van der Waals surface area contributed by atoms with E-state index in [2.05, 4.69) is 17.0 Å². The monoisotopic (exact) mass is 517 g/mol. The summed E-state index contributed by atoms with van der Waals surface area (Å²) in [5, 5.41) is 14.2. The highest BCUT2D eigenvalue weighted by atomic mass is 35.5. The zero-order chi connectivity index (χ0) is 24.4. The number of nitrogens with one attached hydrogen (secondary N) is 2. The van der Waals surface area contributed by atoms with Crippen LogP contribution in [0.3, 0.4) is 0 Å². The number of rotatable bonds is 14. The van der Waals surface area contributed by atoms with Crippen molar-refractivity contribution in [3.05, 3.63) is 57.6 Å². The lowest BCUT2D eigenvalue weighted by Crippen LogP contribution is -2.24. The van der Waals surface area contributed by atoms with Crippen LogP contribution in [0.5, 0.6) is 0 Å². The smallest absolute Gasteiger partial charge is 0.229 e. The summed E-state index contributed by atoms with van der Waals surface area (Å²) in [4.78, 5) is 0. The molecule has 184 valence electrons. The third-order valence-corrected chi connectivity index (χ3v) is 6.39. The van der Waals surface area contributed by atoms with Gasteiger partial charge in [-0.3, -0.25) is 4.72 Å². The molecule has 0 heterocycles. The van der Waals surface area contributed by atoms with E-state index in [0.717, 1.165) is 44.0 Å². The summed E-state index contributed by atoms with van der Waals surface area (Å²) in [5.74, 6) is 0. The molecule has 0 radical (unpaired) electrons. The first-order chi connectivity index (χ1) is 15.6.